The molecular formula is C27H25FN4O7. The lowest BCUT2D eigenvalue weighted by atomic mass is 10.0. The van der Waals surface area contributed by atoms with E-state index in [2.05, 4.69) is 15.6 Å². The first-order valence-corrected chi connectivity index (χ1v) is 12.1. The van der Waals surface area contributed by atoms with E-state index in [0.29, 0.717) is 17.5 Å². The highest BCUT2D eigenvalue weighted by molar-refractivity contribution is 6.05. The number of hydrogen-bond donors (Lipinski definition) is 4. The molecule has 2 amide bonds. The van der Waals surface area contributed by atoms with Gasteiger partial charge in [0.2, 0.25) is 5.76 Å². The van der Waals surface area contributed by atoms with E-state index in [1.165, 1.54) is 25.4 Å². The molecule has 2 atom stereocenters. The van der Waals surface area contributed by atoms with Crippen LogP contribution in [-0.4, -0.2) is 64.0 Å². The molecule has 12 heteroatoms. The van der Waals surface area contributed by atoms with Gasteiger partial charge in [0.1, 0.15) is 22.4 Å². The fraction of sp³-hybridized carbons (Fsp3) is 0.259. The Labute approximate surface area is 221 Å². The largest absolute Gasteiger partial charge is 0.505 e. The van der Waals surface area contributed by atoms with Crippen LogP contribution in [0.1, 0.15) is 27.9 Å². The summed E-state index contributed by atoms with van der Waals surface area (Å²) >= 11 is 0. The molecule has 5 rings (SSSR count). The maximum Gasteiger partial charge on any atom is 0.289 e. The summed E-state index contributed by atoms with van der Waals surface area (Å²) in [6, 6.07) is 5.09. The highest BCUT2D eigenvalue weighted by Crippen LogP contribution is 2.38. The average molecular weight is 537 g/mol. The summed E-state index contributed by atoms with van der Waals surface area (Å²) in [6.07, 6.45) is 5.66. The monoisotopic (exact) mass is 536 g/mol. The van der Waals surface area contributed by atoms with Crippen molar-refractivity contribution in [3.8, 4) is 11.5 Å². The van der Waals surface area contributed by atoms with Gasteiger partial charge in [-0.2, -0.15) is 0 Å². The molecule has 0 radical (unpaired) electrons. The number of aliphatic hydroxyl groups is 1. The Hall–Kier alpha value is -4.55. The summed E-state index contributed by atoms with van der Waals surface area (Å²) < 4.78 is 25.4. The topological polar surface area (TPSA) is 152 Å². The Kier molecular flexibility index (Phi) is 7.13. The molecule has 4 N–H and O–H groups in total. The number of amides is 2. The fourth-order valence-corrected chi connectivity index (χ4v) is 4.47. The third kappa shape index (κ3) is 4.99. The zero-order chi connectivity index (χ0) is 27.7. The Morgan fingerprint density at radius 3 is 2.72 bits per heavy atom. The second kappa shape index (κ2) is 10.7. The zero-order valence-corrected chi connectivity index (χ0v) is 20.8. The van der Waals surface area contributed by atoms with Gasteiger partial charge in [-0.05, 0) is 24.1 Å². The van der Waals surface area contributed by atoms with Crippen LogP contribution in [0.2, 0.25) is 0 Å². The molecule has 11 nitrogen and oxygen atoms in total. The van der Waals surface area contributed by atoms with Gasteiger partial charge in [-0.15, -0.1) is 0 Å². The number of nitrogens with zero attached hydrogens (tertiary/aromatic N) is 2. The number of aliphatic hydroxyl groups excluding tert-OH is 1. The summed E-state index contributed by atoms with van der Waals surface area (Å²) in [4.78, 5) is 43.8. The quantitative estimate of drug-likeness (QED) is 0.248. The van der Waals surface area contributed by atoms with Gasteiger partial charge in [0.15, 0.2) is 11.5 Å². The van der Waals surface area contributed by atoms with Crippen molar-refractivity contribution in [2.24, 2.45) is 0 Å². The number of aromatic hydroxyl groups is 1. The number of hydrogen-bond acceptors (Lipinski definition) is 8. The van der Waals surface area contributed by atoms with Gasteiger partial charge < -0.3 is 30.3 Å². The van der Waals surface area contributed by atoms with Crippen molar-refractivity contribution in [3.63, 3.8) is 0 Å². The Bertz CT molecular complexity index is 1580. The highest BCUT2D eigenvalue weighted by Gasteiger charge is 2.32. The molecule has 2 aromatic heterocycles. The van der Waals surface area contributed by atoms with Gasteiger partial charge in [0.25, 0.3) is 17.4 Å². The lowest BCUT2D eigenvalue weighted by molar-refractivity contribution is -0.120. The molecular weight excluding hydrogens is 511 g/mol. The molecule has 3 aromatic rings. The summed E-state index contributed by atoms with van der Waals surface area (Å²) in [5, 5.41) is 26.2. The summed E-state index contributed by atoms with van der Waals surface area (Å²) in [6.45, 7) is 0.272. The third-order valence-corrected chi connectivity index (χ3v) is 6.46. The van der Waals surface area contributed by atoms with Gasteiger partial charge in [0, 0.05) is 31.8 Å². The number of aromatic nitrogens is 2. The predicted molar refractivity (Wildman–Crippen MR) is 138 cm³/mol. The molecule has 1 aromatic carbocycles. The molecule has 0 spiro atoms. The molecule has 2 unspecified atom stereocenters. The lowest BCUT2D eigenvalue weighted by Gasteiger charge is -2.24. The highest BCUT2D eigenvalue weighted by atomic mass is 19.1. The van der Waals surface area contributed by atoms with Crippen LogP contribution >= 0.6 is 0 Å². The second-order valence-corrected chi connectivity index (χ2v) is 9.09. The van der Waals surface area contributed by atoms with Gasteiger partial charge >= 0.3 is 0 Å². The summed E-state index contributed by atoms with van der Waals surface area (Å²) in [7, 11) is 1.45. The second-order valence-electron chi connectivity index (χ2n) is 9.09. The molecule has 3 heterocycles. The SMILES string of the molecule is COCCNC(=O)c1c(O)c2ncc(Cc3ccc(F)cc3)c3c2n(c1=O)C=C(C(=O)NC1C=CCC1O)O3. The number of ether oxygens (including phenoxy) is 2. The van der Waals surface area contributed by atoms with E-state index in [9.17, 15) is 29.0 Å². The summed E-state index contributed by atoms with van der Waals surface area (Å²) in [5.41, 5.74) is -0.346. The molecule has 0 saturated carbocycles. The predicted octanol–water partition coefficient (Wildman–Crippen LogP) is 1.20. The first kappa shape index (κ1) is 26.1. The van der Waals surface area contributed by atoms with E-state index in [-0.39, 0.29) is 42.1 Å². The van der Waals surface area contributed by atoms with Gasteiger partial charge in [-0.3, -0.25) is 23.9 Å². The maximum atomic E-state index is 13.5. The molecule has 0 fully saturated rings. The Balaban J connectivity index is 1.63. The van der Waals surface area contributed by atoms with Crippen LogP contribution in [0.25, 0.3) is 17.2 Å². The number of halogens is 1. The molecule has 2 aliphatic rings. The Morgan fingerprint density at radius 1 is 1.26 bits per heavy atom. The molecule has 1 aliphatic carbocycles. The van der Waals surface area contributed by atoms with Gasteiger partial charge in [-0.1, -0.05) is 24.3 Å². The number of methoxy groups -OCH3 is 1. The molecule has 0 saturated heterocycles. The third-order valence-electron chi connectivity index (χ3n) is 6.46. The van der Waals surface area contributed by atoms with Crippen molar-refractivity contribution in [2.75, 3.05) is 20.3 Å². The summed E-state index contributed by atoms with van der Waals surface area (Å²) in [5.74, 6) is -2.81. The van der Waals surface area contributed by atoms with E-state index in [1.54, 1.807) is 24.3 Å². The minimum absolute atomic E-state index is 0.0582. The van der Waals surface area contributed by atoms with Crippen LogP contribution in [-0.2, 0) is 16.0 Å². The van der Waals surface area contributed by atoms with Crippen LogP contribution in [0.5, 0.6) is 11.5 Å². The van der Waals surface area contributed by atoms with E-state index in [0.717, 1.165) is 10.8 Å². The number of pyridine rings is 2. The van der Waals surface area contributed by atoms with Crippen LogP contribution in [0.4, 0.5) is 4.39 Å². The van der Waals surface area contributed by atoms with Crippen molar-refractivity contribution in [2.45, 2.75) is 25.0 Å². The van der Waals surface area contributed by atoms with Crippen LogP contribution in [0.15, 0.2) is 53.2 Å². The number of rotatable bonds is 8. The van der Waals surface area contributed by atoms with E-state index in [1.807, 2.05) is 0 Å². The van der Waals surface area contributed by atoms with E-state index in [4.69, 9.17) is 9.47 Å². The molecule has 0 bridgehead atoms. The van der Waals surface area contributed by atoms with Crippen molar-refractivity contribution < 1.29 is 33.7 Å². The Morgan fingerprint density at radius 2 is 2.03 bits per heavy atom. The van der Waals surface area contributed by atoms with Crippen LogP contribution in [0, 0.1) is 5.82 Å². The zero-order valence-electron chi connectivity index (χ0n) is 20.8. The smallest absolute Gasteiger partial charge is 0.289 e. The van der Waals surface area contributed by atoms with Crippen LogP contribution < -0.4 is 20.9 Å². The standard InChI is InChI=1S/C27H25FN4O7/c1-38-10-9-29-26(36)20-23(34)21-22-24(15(12-30-21)11-14-5-7-16(28)8-6-14)39-19(13-32(22)27(20)37)25(35)31-17-3-2-4-18(17)33/h2-3,5-8,12-13,17-18,33-34H,4,9-11H2,1H3,(H,29,36)(H,31,35). The number of nitrogens with one attached hydrogen (secondary N) is 2. The molecule has 202 valence electrons. The minimum Gasteiger partial charge on any atom is -0.505 e. The average Bonchev–Trinajstić information content (AvgIpc) is 3.33. The number of carbonyl (C=O) groups excluding carboxylic acids is 2. The maximum absolute atomic E-state index is 13.5. The first-order valence-electron chi connectivity index (χ1n) is 12.1. The van der Waals surface area contributed by atoms with Crippen LogP contribution in [0.3, 0.4) is 0 Å². The number of benzene rings is 1. The van der Waals surface area contributed by atoms with Crippen molar-refractivity contribution >= 4 is 29.0 Å². The van der Waals surface area contributed by atoms with Gasteiger partial charge in [0.05, 0.1) is 25.0 Å². The lowest BCUT2D eigenvalue weighted by Crippen LogP contribution is -2.42. The minimum atomic E-state index is -0.897. The molecule has 39 heavy (non-hydrogen) atoms. The molecule has 1 aliphatic heterocycles. The van der Waals surface area contributed by atoms with Crippen molar-refractivity contribution in [3.05, 3.63) is 81.2 Å². The fourth-order valence-electron chi connectivity index (χ4n) is 4.47. The van der Waals surface area contributed by atoms with E-state index < -0.39 is 46.6 Å². The number of carbonyl (C=O) groups is 2. The van der Waals surface area contributed by atoms with E-state index >= 15 is 0 Å². The first-order chi connectivity index (χ1) is 18.8. The van der Waals surface area contributed by atoms with Gasteiger partial charge in [-0.25, -0.2) is 4.39 Å². The van der Waals surface area contributed by atoms with Crippen molar-refractivity contribution in [1.29, 1.82) is 0 Å². The van der Waals surface area contributed by atoms with Crippen molar-refractivity contribution in [1.82, 2.24) is 20.2 Å². The normalized spacial score (nSPS) is 17.6.